The van der Waals surface area contributed by atoms with Crippen molar-refractivity contribution in [1.29, 1.82) is 0 Å². The van der Waals surface area contributed by atoms with Gasteiger partial charge in [0.15, 0.2) is 5.78 Å². The van der Waals surface area contributed by atoms with Crippen molar-refractivity contribution in [3.8, 4) is 0 Å². The SMILES string of the molecule is C=C1CC2C3CC=C4C=C(OCC)CCC4C3CCC2(C)C1=O. The molecule has 0 aromatic rings. The van der Waals surface area contributed by atoms with Gasteiger partial charge in [-0.25, -0.2) is 0 Å². The third kappa shape index (κ3) is 2.17. The largest absolute Gasteiger partial charge is 0.498 e. The highest BCUT2D eigenvalue weighted by Crippen LogP contribution is 2.60. The Labute approximate surface area is 139 Å². The monoisotopic (exact) mass is 312 g/mol. The number of hydrogen-bond acceptors (Lipinski definition) is 2. The number of carbonyl (C=O) groups excluding carboxylic acids is 1. The first-order valence-electron chi connectivity index (χ1n) is 9.30. The van der Waals surface area contributed by atoms with Crippen LogP contribution in [0.1, 0.15) is 52.4 Å². The second-order valence-corrected chi connectivity index (χ2v) is 8.16. The lowest BCUT2D eigenvalue weighted by Gasteiger charge is -2.50. The first-order valence-corrected chi connectivity index (χ1v) is 9.30. The predicted molar refractivity (Wildman–Crippen MR) is 91.7 cm³/mol. The van der Waals surface area contributed by atoms with E-state index >= 15 is 0 Å². The fourth-order valence-electron chi connectivity index (χ4n) is 5.97. The number of Topliss-reactive ketones (excluding diaryl/α,β-unsaturated/α-hetero) is 1. The number of hydrogen-bond donors (Lipinski definition) is 0. The highest BCUT2D eigenvalue weighted by atomic mass is 16.5. The van der Waals surface area contributed by atoms with E-state index < -0.39 is 0 Å². The zero-order chi connectivity index (χ0) is 16.2. The van der Waals surface area contributed by atoms with Crippen molar-refractivity contribution >= 4 is 5.78 Å². The van der Waals surface area contributed by atoms with Crippen molar-refractivity contribution in [2.45, 2.75) is 52.4 Å². The van der Waals surface area contributed by atoms with Crippen molar-refractivity contribution in [2.75, 3.05) is 6.61 Å². The molecule has 0 aliphatic heterocycles. The molecule has 0 heterocycles. The number of ketones is 1. The second kappa shape index (κ2) is 5.36. The van der Waals surface area contributed by atoms with Gasteiger partial charge in [0.2, 0.25) is 0 Å². The van der Waals surface area contributed by atoms with Crippen LogP contribution in [-0.2, 0) is 9.53 Å². The summed E-state index contributed by atoms with van der Waals surface area (Å²) in [7, 11) is 0. The van der Waals surface area contributed by atoms with Gasteiger partial charge >= 0.3 is 0 Å². The average Bonchev–Trinajstić information content (AvgIpc) is 2.78. The van der Waals surface area contributed by atoms with Gasteiger partial charge in [-0.15, -0.1) is 0 Å². The molecule has 0 aromatic heterocycles. The summed E-state index contributed by atoms with van der Waals surface area (Å²) in [5.41, 5.74) is 2.27. The molecule has 2 nitrogen and oxygen atoms in total. The average molecular weight is 312 g/mol. The Hall–Kier alpha value is -1.31. The molecule has 0 saturated heterocycles. The van der Waals surface area contributed by atoms with Crippen LogP contribution in [-0.4, -0.2) is 12.4 Å². The van der Waals surface area contributed by atoms with E-state index in [9.17, 15) is 4.79 Å². The van der Waals surface area contributed by atoms with Crippen LogP contribution in [0.25, 0.3) is 0 Å². The summed E-state index contributed by atoms with van der Waals surface area (Å²) in [6.07, 6.45) is 11.4. The van der Waals surface area contributed by atoms with Gasteiger partial charge in [-0.05, 0) is 79.9 Å². The molecule has 4 aliphatic rings. The lowest BCUT2D eigenvalue weighted by atomic mass is 9.53. The molecular weight excluding hydrogens is 284 g/mol. The molecule has 5 atom stereocenters. The third-order valence-electron chi connectivity index (χ3n) is 7.12. The van der Waals surface area contributed by atoms with Gasteiger partial charge in [-0.3, -0.25) is 4.79 Å². The summed E-state index contributed by atoms with van der Waals surface area (Å²) in [5.74, 6) is 4.16. The highest BCUT2D eigenvalue weighted by Gasteiger charge is 2.56. The molecule has 2 saturated carbocycles. The van der Waals surface area contributed by atoms with Crippen LogP contribution in [0, 0.1) is 29.1 Å². The van der Waals surface area contributed by atoms with Crippen LogP contribution in [0.5, 0.6) is 0 Å². The van der Waals surface area contributed by atoms with Crippen molar-refractivity contribution in [3.05, 3.63) is 35.6 Å². The number of rotatable bonds is 2. The summed E-state index contributed by atoms with van der Waals surface area (Å²) in [5, 5.41) is 0. The molecule has 2 heteroatoms. The Morgan fingerprint density at radius 2 is 2.17 bits per heavy atom. The standard InChI is InChI=1S/C21H28O2/c1-4-23-15-6-8-16-14(12-15)5-7-18-17(16)9-10-21(3)19(18)11-13(2)20(21)22/h5,12,16-19H,2,4,6-11H2,1,3H3. The molecule has 0 bridgehead atoms. The van der Waals surface area contributed by atoms with E-state index in [1.165, 1.54) is 24.2 Å². The van der Waals surface area contributed by atoms with E-state index in [0.29, 0.717) is 23.5 Å². The number of carbonyl (C=O) groups is 1. The molecule has 23 heavy (non-hydrogen) atoms. The van der Waals surface area contributed by atoms with E-state index in [1.54, 1.807) is 0 Å². The first kappa shape index (κ1) is 15.2. The molecule has 0 spiro atoms. The van der Waals surface area contributed by atoms with E-state index in [4.69, 9.17) is 4.74 Å². The number of fused-ring (bicyclic) bond motifs is 5. The lowest BCUT2D eigenvalue weighted by Crippen LogP contribution is -2.45. The van der Waals surface area contributed by atoms with Crippen molar-refractivity contribution in [3.63, 3.8) is 0 Å². The zero-order valence-corrected chi connectivity index (χ0v) is 14.4. The molecule has 5 unspecified atom stereocenters. The first-order chi connectivity index (χ1) is 11.0. The van der Waals surface area contributed by atoms with Crippen LogP contribution in [0.15, 0.2) is 35.6 Å². The Bertz CT molecular complexity index is 611. The molecule has 4 aliphatic carbocycles. The minimum Gasteiger partial charge on any atom is -0.498 e. The molecule has 2 fully saturated rings. The molecule has 0 N–H and O–H groups in total. The van der Waals surface area contributed by atoms with Crippen molar-refractivity contribution < 1.29 is 9.53 Å². The summed E-state index contributed by atoms with van der Waals surface area (Å²) in [6, 6.07) is 0. The summed E-state index contributed by atoms with van der Waals surface area (Å²) < 4.78 is 5.75. The maximum Gasteiger partial charge on any atom is 0.164 e. The molecule has 124 valence electrons. The lowest BCUT2D eigenvalue weighted by molar-refractivity contribution is -0.128. The Balaban J connectivity index is 1.63. The van der Waals surface area contributed by atoms with E-state index in [0.717, 1.165) is 43.8 Å². The smallest absolute Gasteiger partial charge is 0.164 e. The number of ether oxygens (including phenoxy) is 1. The molecular formula is C21H28O2. The molecule has 4 rings (SSSR count). The van der Waals surface area contributed by atoms with Gasteiger partial charge in [0.05, 0.1) is 12.4 Å². The molecule has 0 aromatic carbocycles. The van der Waals surface area contributed by atoms with Crippen LogP contribution in [0.2, 0.25) is 0 Å². The van der Waals surface area contributed by atoms with Gasteiger partial charge in [-0.1, -0.05) is 19.6 Å². The van der Waals surface area contributed by atoms with E-state index in [-0.39, 0.29) is 5.41 Å². The van der Waals surface area contributed by atoms with Crippen molar-refractivity contribution in [2.24, 2.45) is 29.1 Å². The van der Waals surface area contributed by atoms with Crippen LogP contribution in [0.4, 0.5) is 0 Å². The maximum atomic E-state index is 12.6. The van der Waals surface area contributed by atoms with Crippen molar-refractivity contribution in [1.82, 2.24) is 0 Å². The molecule has 0 radical (unpaired) electrons. The fraction of sp³-hybridized carbons (Fsp3) is 0.667. The minimum atomic E-state index is -0.120. The summed E-state index contributed by atoms with van der Waals surface area (Å²) in [4.78, 5) is 12.6. The van der Waals surface area contributed by atoms with Crippen LogP contribution < -0.4 is 0 Å². The number of allylic oxidation sites excluding steroid dienone is 5. The van der Waals surface area contributed by atoms with E-state index in [2.05, 4.69) is 32.6 Å². The quantitative estimate of drug-likeness (QED) is 0.683. The topological polar surface area (TPSA) is 26.3 Å². The Kier molecular flexibility index (Phi) is 3.55. The van der Waals surface area contributed by atoms with Gasteiger partial charge in [0, 0.05) is 11.8 Å². The maximum absolute atomic E-state index is 12.6. The zero-order valence-electron chi connectivity index (χ0n) is 14.4. The van der Waals surface area contributed by atoms with Gasteiger partial charge in [-0.2, -0.15) is 0 Å². The predicted octanol–water partition coefficient (Wildman–Crippen LogP) is 4.82. The van der Waals surface area contributed by atoms with E-state index in [1.807, 2.05) is 0 Å². The van der Waals surface area contributed by atoms with Crippen LogP contribution >= 0.6 is 0 Å². The highest BCUT2D eigenvalue weighted by molar-refractivity contribution is 6.02. The second-order valence-electron chi connectivity index (χ2n) is 8.16. The van der Waals surface area contributed by atoms with Gasteiger partial charge in [0.25, 0.3) is 0 Å². The normalized spacial score (nSPS) is 42.3. The fourth-order valence-corrected chi connectivity index (χ4v) is 5.97. The minimum absolute atomic E-state index is 0.120. The third-order valence-corrected chi connectivity index (χ3v) is 7.12. The molecule has 0 amide bonds. The summed E-state index contributed by atoms with van der Waals surface area (Å²) >= 11 is 0. The Morgan fingerprint density at radius 3 is 2.96 bits per heavy atom. The summed E-state index contributed by atoms with van der Waals surface area (Å²) in [6.45, 7) is 9.10. The van der Waals surface area contributed by atoms with Crippen LogP contribution in [0.3, 0.4) is 0 Å². The van der Waals surface area contributed by atoms with Gasteiger partial charge in [0.1, 0.15) is 0 Å². The Morgan fingerprint density at radius 1 is 1.35 bits per heavy atom. The van der Waals surface area contributed by atoms with Gasteiger partial charge < -0.3 is 4.74 Å².